The summed E-state index contributed by atoms with van der Waals surface area (Å²) in [5, 5.41) is 9.14. The predicted octanol–water partition coefficient (Wildman–Crippen LogP) is 3.46. The average molecular weight is 284 g/mol. The fourth-order valence-corrected chi connectivity index (χ4v) is 2.11. The first-order valence-corrected chi connectivity index (χ1v) is 6.47. The van der Waals surface area contributed by atoms with Gasteiger partial charge in [-0.05, 0) is 48.2 Å². The monoisotopic (exact) mass is 284 g/mol. The van der Waals surface area contributed by atoms with Crippen LogP contribution < -0.4 is 0 Å². The Morgan fingerprint density at radius 3 is 2.10 bits per heavy atom. The Bertz CT molecular complexity index is 717. The smallest absolute Gasteiger partial charge is 0.338 e. The van der Waals surface area contributed by atoms with Gasteiger partial charge in [-0.1, -0.05) is 24.3 Å². The average Bonchev–Trinajstić information content (AvgIpc) is 2.48. The molecule has 2 aromatic rings. The highest BCUT2D eigenvalue weighted by atomic mass is 16.5. The molecule has 2 rings (SSSR count). The molecule has 0 unspecified atom stereocenters. The third kappa shape index (κ3) is 2.94. The van der Waals surface area contributed by atoms with E-state index in [-0.39, 0.29) is 11.1 Å². The molecule has 0 heterocycles. The van der Waals surface area contributed by atoms with Gasteiger partial charge in [0.2, 0.25) is 0 Å². The summed E-state index contributed by atoms with van der Waals surface area (Å²) >= 11 is 0. The molecule has 0 fully saturated rings. The lowest BCUT2D eigenvalue weighted by Crippen LogP contribution is -2.10. The molecule has 0 aromatic heterocycles. The van der Waals surface area contributed by atoms with Crippen molar-refractivity contribution in [2.45, 2.75) is 13.8 Å². The van der Waals surface area contributed by atoms with Crippen LogP contribution in [0.3, 0.4) is 0 Å². The molecule has 4 heteroatoms. The van der Waals surface area contributed by atoms with E-state index in [1.54, 1.807) is 12.1 Å². The van der Waals surface area contributed by atoms with Gasteiger partial charge in [-0.3, -0.25) is 0 Å². The van der Waals surface area contributed by atoms with Crippen molar-refractivity contribution in [1.29, 1.82) is 0 Å². The zero-order chi connectivity index (χ0) is 15.6. The fourth-order valence-electron chi connectivity index (χ4n) is 2.11. The number of carboxylic acid groups (broad SMARTS) is 1. The zero-order valence-electron chi connectivity index (χ0n) is 12.1. The van der Waals surface area contributed by atoms with E-state index in [2.05, 4.69) is 4.74 Å². The van der Waals surface area contributed by atoms with Gasteiger partial charge in [0, 0.05) is 0 Å². The number of ether oxygens (including phenoxy) is 1. The van der Waals surface area contributed by atoms with Gasteiger partial charge in [-0.15, -0.1) is 0 Å². The topological polar surface area (TPSA) is 63.6 Å². The molecule has 0 bridgehead atoms. The van der Waals surface area contributed by atoms with E-state index in [4.69, 9.17) is 5.11 Å². The SMILES string of the molecule is COC(=O)c1cc(-c2ccc(C)c(C)c2)ccc1C(=O)O. The zero-order valence-corrected chi connectivity index (χ0v) is 12.1. The van der Waals surface area contributed by atoms with Gasteiger partial charge in [0.05, 0.1) is 18.2 Å². The Labute approximate surface area is 123 Å². The molecule has 0 atom stereocenters. The van der Waals surface area contributed by atoms with Crippen molar-refractivity contribution in [2.75, 3.05) is 7.11 Å². The third-order valence-electron chi connectivity index (χ3n) is 3.50. The summed E-state index contributed by atoms with van der Waals surface area (Å²) in [6.07, 6.45) is 0. The number of benzene rings is 2. The minimum absolute atomic E-state index is 0.0562. The van der Waals surface area contributed by atoms with Crippen LogP contribution in [0.25, 0.3) is 11.1 Å². The van der Waals surface area contributed by atoms with Crippen molar-refractivity contribution >= 4 is 11.9 Å². The van der Waals surface area contributed by atoms with Gasteiger partial charge < -0.3 is 9.84 Å². The van der Waals surface area contributed by atoms with E-state index >= 15 is 0 Å². The number of hydrogen-bond donors (Lipinski definition) is 1. The van der Waals surface area contributed by atoms with Crippen molar-refractivity contribution in [2.24, 2.45) is 0 Å². The first-order valence-electron chi connectivity index (χ1n) is 6.47. The van der Waals surface area contributed by atoms with Gasteiger partial charge in [0.1, 0.15) is 0 Å². The minimum Gasteiger partial charge on any atom is -0.478 e. The van der Waals surface area contributed by atoms with Crippen molar-refractivity contribution < 1.29 is 19.4 Å². The number of carbonyl (C=O) groups excluding carboxylic acids is 1. The molecule has 0 saturated carbocycles. The molecule has 0 aliphatic rings. The fraction of sp³-hybridized carbons (Fsp3) is 0.176. The van der Waals surface area contributed by atoms with E-state index < -0.39 is 11.9 Å². The highest BCUT2D eigenvalue weighted by Gasteiger charge is 2.18. The van der Waals surface area contributed by atoms with Crippen molar-refractivity contribution in [3.8, 4) is 11.1 Å². The molecule has 21 heavy (non-hydrogen) atoms. The van der Waals surface area contributed by atoms with Gasteiger partial charge >= 0.3 is 11.9 Å². The van der Waals surface area contributed by atoms with Crippen molar-refractivity contribution in [3.05, 3.63) is 58.7 Å². The van der Waals surface area contributed by atoms with E-state index in [0.717, 1.165) is 16.7 Å². The Morgan fingerprint density at radius 1 is 0.905 bits per heavy atom. The summed E-state index contributed by atoms with van der Waals surface area (Å²) in [6.45, 7) is 4.03. The number of hydrogen-bond acceptors (Lipinski definition) is 3. The number of rotatable bonds is 3. The summed E-state index contributed by atoms with van der Waals surface area (Å²) in [6, 6.07) is 10.6. The maximum absolute atomic E-state index is 11.8. The second kappa shape index (κ2) is 5.79. The molecule has 0 amide bonds. The highest BCUT2D eigenvalue weighted by molar-refractivity contribution is 6.03. The quantitative estimate of drug-likeness (QED) is 0.877. The number of aryl methyl sites for hydroxylation is 2. The standard InChI is InChI=1S/C17H16O4/c1-10-4-5-12(8-11(10)2)13-6-7-14(16(18)19)15(9-13)17(20)21-3/h4-9H,1-3H3,(H,18,19). The second-order valence-electron chi connectivity index (χ2n) is 4.86. The van der Waals surface area contributed by atoms with Crippen LogP contribution in [0.5, 0.6) is 0 Å². The maximum Gasteiger partial charge on any atom is 0.338 e. The molecule has 0 spiro atoms. The lowest BCUT2D eigenvalue weighted by atomic mass is 9.96. The molecule has 0 saturated heterocycles. The number of carboxylic acids is 1. The van der Waals surface area contributed by atoms with E-state index in [0.29, 0.717) is 0 Å². The molecule has 1 N–H and O–H groups in total. The van der Waals surface area contributed by atoms with Gasteiger partial charge in [0.15, 0.2) is 0 Å². The maximum atomic E-state index is 11.8. The Kier molecular flexibility index (Phi) is 4.08. The molecule has 108 valence electrons. The van der Waals surface area contributed by atoms with Gasteiger partial charge in [-0.25, -0.2) is 9.59 Å². The first-order chi connectivity index (χ1) is 9.93. The van der Waals surface area contributed by atoms with Crippen molar-refractivity contribution in [1.82, 2.24) is 0 Å². The largest absolute Gasteiger partial charge is 0.478 e. The van der Waals surface area contributed by atoms with Crippen LogP contribution in [0.15, 0.2) is 36.4 Å². The van der Waals surface area contributed by atoms with Crippen LogP contribution in [0.2, 0.25) is 0 Å². The van der Waals surface area contributed by atoms with Gasteiger partial charge in [0.25, 0.3) is 0 Å². The molecular formula is C17H16O4. The van der Waals surface area contributed by atoms with Gasteiger partial charge in [-0.2, -0.15) is 0 Å². The molecular weight excluding hydrogens is 268 g/mol. The highest BCUT2D eigenvalue weighted by Crippen LogP contribution is 2.25. The Morgan fingerprint density at radius 2 is 1.52 bits per heavy atom. The molecule has 0 aliphatic heterocycles. The summed E-state index contributed by atoms with van der Waals surface area (Å²) in [5.74, 6) is -1.81. The number of carbonyl (C=O) groups is 2. The van der Waals surface area contributed by atoms with Crippen molar-refractivity contribution in [3.63, 3.8) is 0 Å². The Balaban J connectivity index is 2.58. The lowest BCUT2D eigenvalue weighted by Gasteiger charge is -2.09. The van der Waals surface area contributed by atoms with Crippen LogP contribution in [0.1, 0.15) is 31.8 Å². The van der Waals surface area contributed by atoms with Crippen LogP contribution in [-0.2, 0) is 4.74 Å². The molecule has 2 aromatic carbocycles. The summed E-state index contributed by atoms with van der Waals surface area (Å²) in [5.41, 5.74) is 4.02. The number of aromatic carboxylic acids is 1. The van der Waals surface area contributed by atoms with Crippen LogP contribution in [0, 0.1) is 13.8 Å². The lowest BCUT2D eigenvalue weighted by molar-refractivity contribution is 0.0583. The number of esters is 1. The van der Waals surface area contributed by atoms with E-state index in [1.165, 1.54) is 18.7 Å². The third-order valence-corrected chi connectivity index (χ3v) is 3.50. The predicted molar refractivity (Wildman–Crippen MR) is 79.7 cm³/mol. The second-order valence-corrected chi connectivity index (χ2v) is 4.86. The molecule has 4 nitrogen and oxygen atoms in total. The van der Waals surface area contributed by atoms with Crippen LogP contribution in [-0.4, -0.2) is 24.2 Å². The normalized spacial score (nSPS) is 10.2. The summed E-state index contributed by atoms with van der Waals surface area (Å²) < 4.78 is 4.66. The van der Waals surface area contributed by atoms with Crippen LogP contribution in [0.4, 0.5) is 0 Å². The minimum atomic E-state index is -1.15. The summed E-state index contributed by atoms with van der Waals surface area (Å²) in [7, 11) is 1.23. The van der Waals surface area contributed by atoms with Crippen LogP contribution >= 0.6 is 0 Å². The Hall–Kier alpha value is -2.62. The van der Waals surface area contributed by atoms with E-state index in [1.807, 2.05) is 32.0 Å². The molecule has 0 radical (unpaired) electrons. The first kappa shape index (κ1) is 14.8. The molecule has 0 aliphatic carbocycles. The number of methoxy groups -OCH3 is 1. The van der Waals surface area contributed by atoms with E-state index in [9.17, 15) is 9.59 Å². The summed E-state index contributed by atoms with van der Waals surface area (Å²) in [4.78, 5) is 22.9.